The Bertz CT molecular complexity index is 727. The molecule has 2 rings (SSSR count). The van der Waals surface area contributed by atoms with E-state index in [1.54, 1.807) is 38.4 Å². The van der Waals surface area contributed by atoms with Crippen LogP contribution in [0.15, 0.2) is 35.1 Å². The van der Waals surface area contributed by atoms with E-state index in [4.69, 9.17) is 5.11 Å². The summed E-state index contributed by atoms with van der Waals surface area (Å²) in [6.45, 7) is 3.53. The third-order valence-electron chi connectivity index (χ3n) is 3.23. The largest absolute Gasteiger partial charge is 0.481 e. The predicted octanol–water partition coefficient (Wildman–Crippen LogP) is 2.79. The Kier molecular flexibility index (Phi) is 5.55. The molecule has 9 heteroatoms. The minimum absolute atomic E-state index is 0.0198. The molecule has 0 spiro atoms. The lowest BCUT2D eigenvalue weighted by atomic mass is 9.99. The molecular weight excluding hydrogens is 378 g/mol. The van der Waals surface area contributed by atoms with Gasteiger partial charge < -0.3 is 10.4 Å². The van der Waals surface area contributed by atoms with Crippen LogP contribution in [-0.2, 0) is 4.79 Å². The van der Waals surface area contributed by atoms with Gasteiger partial charge in [-0.25, -0.2) is 9.78 Å². The highest BCUT2D eigenvalue weighted by molar-refractivity contribution is 9.10. The number of carboxylic acid groups (broad SMARTS) is 1. The summed E-state index contributed by atoms with van der Waals surface area (Å²) in [5, 5.41) is 18.3. The molecule has 0 aliphatic rings. The molecule has 2 amide bonds. The van der Waals surface area contributed by atoms with Gasteiger partial charge in [0.1, 0.15) is 5.82 Å². The number of carbonyl (C=O) groups excluding carboxylic acids is 1. The van der Waals surface area contributed by atoms with Gasteiger partial charge in [-0.15, -0.1) is 0 Å². The summed E-state index contributed by atoms with van der Waals surface area (Å²) in [5.74, 6) is 0.115. The number of pyridine rings is 1. The van der Waals surface area contributed by atoms with Gasteiger partial charge >= 0.3 is 12.0 Å². The first-order valence-corrected chi connectivity index (χ1v) is 8.03. The lowest BCUT2D eigenvalue weighted by molar-refractivity contribution is -0.137. The Hall–Kier alpha value is -2.42. The zero-order valence-electron chi connectivity index (χ0n) is 13.3. The van der Waals surface area contributed by atoms with Gasteiger partial charge in [0.15, 0.2) is 5.82 Å². The van der Waals surface area contributed by atoms with Crippen molar-refractivity contribution in [2.45, 2.75) is 32.2 Å². The van der Waals surface area contributed by atoms with Crippen LogP contribution in [0.4, 0.5) is 10.6 Å². The van der Waals surface area contributed by atoms with Crippen LogP contribution in [0.2, 0.25) is 0 Å². The van der Waals surface area contributed by atoms with Crippen molar-refractivity contribution in [2.75, 3.05) is 5.32 Å². The van der Waals surface area contributed by atoms with Gasteiger partial charge in [0.2, 0.25) is 0 Å². The van der Waals surface area contributed by atoms with Crippen LogP contribution < -0.4 is 10.6 Å². The summed E-state index contributed by atoms with van der Waals surface area (Å²) in [7, 11) is 0. The van der Waals surface area contributed by atoms with Crippen LogP contribution in [0.1, 0.15) is 26.7 Å². The molecule has 2 heterocycles. The van der Waals surface area contributed by atoms with Gasteiger partial charge in [0, 0.05) is 28.7 Å². The molecule has 0 aliphatic carbocycles. The van der Waals surface area contributed by atoms with E-state index < -0.39 is 17.5 Å². The van der Waals surface area contributed by atoms with Crippen LogP contribution in [-0.4, -0.2) is 37.4 Å². The maximum absolute atomic E-state index is 12.2. The van der Waals surface area contributed by atoms with Gasteiger partial charge in [0.05, 0.1) is 6.20 Å². The number of carbonyl (C=O) groups is 2. The highest BCUT2D eigenvalue weighted by Gasteiger charge is 2.22. The van der Waals surface area contributed by atoms with E-state index in [1.807, 2.05) is 6.07 Å². The number of nitrogens with one attached hydrogen (secondary N) is 2. The van der Waals surface area contributed by atoms with Gasteiger partial charge in [-0.3, -0.25) is 10.1 Å². The lowest BCUT2D eigenvalue weighted by Gasteiger charge is -2.25. The average molecular weight is 396 g/mol. The van der Waals surface area contributed by atoms with Gasteiger partial charge in [0.25, 0.3) is 0 Å². The van der Waals surface area contributed by atoms with Crippen molar-refractivity contribution < 1.29 is 14.7 Å². The standard InChI is InChI=1S/C15H18BrN5O3/c1-15(2,7-5-13(22)23)20-14(24)19-12-6-8-18-21(12)11-4-3-10(16)9-17-11/h3-4,6,8-9H,5,7H2,1-2H3,(H,22,23)(H2,19,20,24). The predicted molar refractivity (Wildman–Crippen MR) is 92.2 cm³/mol. The second-order valence-corrected chi connectivity index (χ2v) is 6.74. The molecule has 0 saturated heterocycles. The normalized spacial score (nSPS) is 11.1. The number of aromatic nitrogens is 3. The van der Waals surface area contributed by atoms with Crippen LogP contribution in [0, 0.1) is 0 Å². The minimum atomic E-state index is -0.898. The van der Waals surface area contributed by atoms with Crippen LogP contribution in [0.5, 0.6) is 0 Å². The number of anilines is 1. The number of hydrogen-bond donors (Lipinski definition) is 3. The van der Waals surface area contributed by atoms with E-state index in [0.717, 1.165) is 4.47 Å². The van der Waals surface area contributed by atoms with Crippen LogP contribution in [0.25, 0.3) is 5.82 Å². The van der Waals surface area contributed by atoms with Crippen molar-refractivity contribution in [3.63, 3.8) is 0 Å². The van der Waals surface area contributed by atoms with Crippen molar-refractivity contribution in [1.29, 1.82) is 0 Å². The van der Waals surface area contributed by atoms with E-state index in [9.17, 15) is 9.59 Å². The fourth-order valence-corrected chi connectivity index (χ4v) is 2.25. The molecule has 2 aromatic heterocycles. The van der Waals surface area contributed by atoms with Crippen molar-refractivity contribution >= 4 is 33.7 Å². The van der Waals surface area contributed by atoms with Gasteiger partial charge in [-0.2, -0.15) is 9.78 Å². The lowest BCUT2D eigenvalue weighted by Crippen LogP contribution is -2.46. The molecule has 0 unspecified atom stereocenters. The SMILES string of the molecule is CC(C)(CCC(=O)O)NC(=O)Nc1ccnn1-c1ccc(Br)cn1. The smallest absolute Gasteiger partial charge is 0.320 e. The third-order valence-corrected chi connectivity index (χ3v) is 3.70. The molecule has 0 fully saturated rings. The first kappa shape index (κ1) is 17.9. The molecule has 0 aliphatic heterocycles. The quantitative estimate of drug-likeness (QED) is 0.696. The molecule has 24 heavy (non-hydrogen) atoms. The summed E-state index contributed by atoms with van der Waals surface area (Å²) < 4.78 is 2.34. The Morgan fingerprint density at radius 3 is 2.71 bits per heavy atom. The Labute approximate surface area is 147 Å². The average Bonchev–Trinajstić information content (AvgIpc) is 2.93. The van der Waals surface area contributed by atoms with E-state index in [1.165, 1.54) is 4.68 Å². The molecule has 0 saturated carbocycles. The van der Waals surface area contributed by atoms with Gasteiger partial charge in [-0.05, 0) is 48.3 Å². The highest BCUT2D eigenvalue weighted by Crippen LogP contribution is 2.16. The number of halogens is 1. The summed E-state index contributed by atoms with van der Waals surface area (Å²) in [5.41, 5.74) is -0.650. The maximum atomic E-state index is 12.2. The zero-order valence-corrected chi connectivity index (χ0v) is 14.9. The Morgan fingerprint density at radius 1 is 1.33 bits per heavy atom. The summed E-state index contributed by atoms with van der Waals surface area (Å²) >= 11 is 3.31. The van der Waals surface area contributed by atoms with E-state index in [0.29, 0.717) is 18.1 Å². The van der Waals surface area contributed by atoms with E-state index in [-0.39, 0.29) is 6.42 Å². The van der Waals surface area contributed by atoms with Crippen LogP contribution >= 0.6 is 15.9 Å². The summed E-state index contributed by atoms with van der Waals surface area (Å²) in [4.78, 5) is 27.1. The summed E-state index contributed by atoms with van der Waals surface area (Å²) in [6.07, 6.45) is 3.49. The molecule has 128 valence electrons. The maximum Gasteiger partial charge on any atom is 0.320 e. The first-order valence-electron chi connectivity index (χ1n) is 7.24. The van der Waals surface area contributed by atoms with Crippen molar-refractivity contribution in [1.82, 2.24) is 20.1 Å². The Balaban J connectivity index is 2.04. The van der Waals surface area contributed by atoms with E-state index >= 15 is 0 Å². The van der Waals surface area contributed by atoms with Crippen LogP contribution in [0.3, 0.4) is 0 Å². The number of hydrogen-bond acceptors (Lipinski definition) is 4. The molecular formula is C15H18BrN5O3. The number of rotatable bonds is 6. The second-order valence-electron chi connectivity index (χ2n) is 5.82. The molecule has 0 atom stereocenters. The van der Waals surface area contributed by atoms with Crippen molar-refractivity contribution in [3.8, 4) is 5.82 Å². The molecule has 2 aromatic rings. The Morgan fingerprint density at radius 2 is 2.08 bits per heavy atom. The monoisotopic (exact) mass is 395 g/mol. The molecule has 0 radical (unpaired) electrons. The summed E-state index contributed by atoms with van der Waals surface area (Å²) in [6, 6.07) is 4.79. The first-order chi connectivity index (χ1) is 11.3. The molecule has 3 N–H and O–H groups in total. The number of nitrogens with zero attached hydrogens (tertiary/aromatic N) is 3. The molecule has 0 aromatic carbocycles. The van der Waals surface area contributed by atoms with Gasteiger partial charge in [-0.1, -0.05) is 0 Å². The molecule has 8 nitrogen and oxygen atoms in total. The highest BCUT2D eigenvalue weighted by atomic mass is 79.9. The number of amides is 2. The minimum Gasteiger partial charge on any atom is -0.481 e. The topological polar surface area (TPSA) is 109 Å². The van der Waals surface area contributed by atoms with Crippen molar-refractivity contribution in [3.05, 3.63) is 35.1 Å². The fourth-order valence-electron chi connectivity index (χ4n) is 2.01. The zero-order chi connectivity index (χ0) is 17.7. The molecule has 0 bridgehead atoms. The number of urea groups is 1. The van der Waals surface area contributed by atoms with E-state index in [2.05, 4.69) is 36.6 Å². The second kappa shape index (κ2) is 7.43. The third kappa shape index (κ3) is 5.05. The van der Waals surface area contributed by atoms with Crippen molar-refractivity contribution in [2.24, 2.45) is 0 Å². The fraction of sp³-hybridized carbons (Fsp3) is 0.333. The number of carboxylic acids is 1. The number of aliphatic carboxylic acids is 1.